The smallest absolute Gasteiger partial charge is 0.194 e. The van der Waals surface area contributed by atoms with Gasteiger partial charge < -0.3 is 20.1 Å². The Morgan fingerprint density at radius 3 is 2.54 bits per heavy atom. The second kappa shape index (κ2) is 10.4. The minimum absolute atomic E-state index is 0. The third-order valence-corrected chi connectivity index (χ3v) is 4.23. The highest BCUT2D eigenvalue weighted by Gasteiger charge is 2.29. The van der Waals surface area contributed by atoms with Crippen LogP contribution in [0, 0.1) is 0 Å². The first kappa shape index (κ1) is 21.5. The van der Waals surface area contributed by atoms with E-state index < -0.39 is 5.60 Å². The number of ether oxygens (including phenoxy) is 1. The van der Waals surface area contributed by atoms with Crippen LogP contribution in [0.5, 0.6) is 0 Å². The van der Waals surface area contributed by atoms with Crippen LogP contribution in [0.3, 0.4) is 0 Å². The Hall–Kier alpha value is -0.570. The van der Waals surface area contributed by atoms with Crippen molar-refractivity contribution in [3.63, 3.8) is 0 Å². The molecule has 1 aliphatic heterocycles. The Morgan fingerprint density at radius 2 is 1.96 bits per heavy atom. The summed E-state index contributed by atoms with van der Waals surface area (Å²) in [6.45, 7) is 5.14. The van der Waals surface area contributed by atoms with E-state index in [2.05, 4.69) is 15.2 Å². The Morgan fingerprint density at radius 1 is 1.33 bits per heavy atom. The Bertz CT molecular complexity index is 519. The van der Waals surface area contributed by atoms with Crippen molar-refractivity contribution in [2.75, 3.05) is 33.4 Å². The number of halogens is 2. The molecule has 0 saturated carbocycles. The van der Waals surface area contributed by atoms with Crippen molar-refractivity contribution in [1.29, 1.82) is 0 Å². The summed E-state index contributed by atoms with van der Waals surface area (Å²) in [4.78, 5) is 6.67. The van der Waals surface area contributed by atoms with Gasteiger partial charge in [-0.2, -0.15) is 0 Å². The van der Waals surface area contributed by atoms with Crippen molar-refractivity contribution < 1.29 is 9.84 Å². The third kappa shape index (κ3) is 6.74. The maximum Gasteiger partial charge on any atom is 0.194 e. The number of rotatable bonds is 5. The number of hydrogen-bond acceptors (Lipinski definition) is 3. The number of aliphatic imine (C=N–C) groups is 1. The first-order chi connectivity index (χ1) is 11.0. The topological polar surface area (TPSA) is 57.1 Å². The maximum absolute atomic E-state index is 10.5. The van der Waals surface area contributed by atoms with Crippen LogP contribution < -0.4 is 5.32 Å². The summed E-state index contributed by atoms with van der Waals surface area (Å²) in [5.74, 6) is 0.794. The molecule has 1 fully saturated rings. The third-order valence-electron chi connectivity index (χ3n) is 3.98. The van der Waals surface area contributed by atoms with Gasteiger partial charge in [0.15, 0.2) is 5.96 Å². The van der Waals surface area contributed by atoms with E-state index in [0.717, 1.165) is 29.6 Å². The summed E-state index contributed by atoms with van der Waals surface area (Å²) in [5, 5.41) is 14.6. The van der Waals surface area contributed by atoms with Crippen molar-refractivity contribution in [3.8, 4) is 0 Å². The molecule has 0 atom stereocenters. The summed E-state index contributed by atoms with van der Waals surface area (Å²) in [5.41, 5.74) is 0.410. The molecule has 1 saturated heterocycles. The van der Waals surface area contributed by atoms with Crippen LogP contribution in [0.4, 0.5) is 0 Å². The van der Waals surface area contributed by atoms with E-state index >= 15 is 0 Å². The molecule has 0 aromatic heterocycles. The Labute approximate surface area is 166 Å². The maximum atomic E-state index is 10.5. The monoisotopic (exact) mass is 467 g/mol. The van der Waals surface area contributed by atoms with Gasteiger partial charge in [-0.1, -0.05) is 23.7 Å². The van der Waals surface area contributed by atoms with Gasteiger partial charge in [-0.05, 0) is 24.6 Å². The van der Waals surface area contributed by atoms with E-state index in [1.807, 2.05) is 38.2 Å². The van der Waals surface area contributed by atoms with E-state index in [9.17, 15) is 5.11 Å². The van der Waals surface area contributed by atoms with Gasteiger partial charge in [-0.15, -0.1) is 24.0 Å². The van der Waals surface area contributed by atoms with Gasteiger partial charge in [0.05, 0.1) is 12.1 Å². The molecule has 2 N–H and O–H groups in total. The standard InChI is InChI=1S/C17H26ClN3O2.HI/c1-3-19-16(20-13-17(22)8-10-23-11-9-17)21(2)12-14-4-6-15(18)7-5-14;/h4-7,22H,3,8-13H2,1-2H3,(H,19,20);1H. The van der Waals surface area contributed by atoms with Crippen molar-refractivity contribution in [2.45, 2.75) is 31.9 Å². The van der Waals surface area contributed by atoms with Crippen molar-refractivity contribution >= 4 is 41.5 Å². The molecule has 0 unspecified atom stereocenters. The zero-order valence-electron chi connectivity index (χ0n) is 14.3. The molecule has 24 heavy (non-hydrogen) atoms. The molecule has 5 nitrogen and oxygen atoms in total. The fourth-order valence-corrected chi connectivity index (χ4v) is 2.67. The predicted molar refractivity (Wildman–Crippen MR) is 109 cm³/mol. The molecular weight excluding hydrogens is 441 g/mol. The highest BCUT2D eigenvalue weighted by molar-refractivity contribution is 14.0. The van der Waals surface area contributed by atoms with Crippen LogP contribution in [-0.4, -0.2) is 54.9 Å². The molecule has 7 heteroatoms. The fourth-order valence-electron chi connectivity index (χ4n) is 2.54. The van der Waals surface area contributed by atoms with Gasteiger partial charge in [0.2, 0.25) is 0 Å². The van der Waals surface area contributed by atoms with Crippen LogP contribution >= 0.6 is 35.6 Å². The van der Waals surface area contributed by atoms with Gasteiger partial charge in [-0.25, -0.2) is 0 Å². The van der Waals surface area contributed by atoms with Gasteiger partial charge in [0.1, 0.15) is 0 Å². The summed E-state index contributed by atoms with van der Waals surface area (Å²) in [7, 11) is 1.99. The summed E-state index contributed by atoms with van der Waals surface area (Å²) in [6.07, 6.45) is 1.27. The van der Waals surface area contributed by atoms with E-state index in [1.54, 1.807) is 0 Å². The Kier molecular flexibility index (Phi) is 9.33. The molecule has 0 aliphatic carbocycles. The van der Waals surface area contributed by atoms with E-state index in [0.29, 0.717) is 32.6 Å². The average molecular weight is 468 g/mol. The zero-order valence-corrected chi connectivity index (χ0v) is 17.4. The number of nitrogens with one attached hydrogen (secondary N) is 1. The molecule has 136 valence electrons. The van der Waals surface area contributed by atoms with Crippen LogP contribution in [0.15, 0.2) is 29.3 Å². The second-order valence-electron chi connectivity index (χ2n) is 5.99. The molecule has 1 heterocycles. The lowest BCUT2D eigenvalue weighted by molar-refractivity contribution is -0.0566. The SMILES string of the molecule is CCNC(=NCC1(O)CCOCC1)N(C)Cc1ccc(Cl)cc1.I. The van der Waals surface area contributed by atoms with Gasteiger partial charge >= 0.3 is 0 Å². The molecule has 1 aliphatic rings. The predicted octanol–water partition coefficient (Wildman–Crippen LogP) is 2.90. The molecule has 2 rings (SSSR count). The molecule has 1 aromatic rings. The van der Waals surface area contributed by atoms with Crippen molar-refractivity contribution in [3.05, 3.63) is 34.9 Å². The van der Waals surface area contributed by atoms with E-state index in [4.69, 9.17) is 16.3 Å². The number of hydrogen-bond donors (Lipinski definition) is 2. The largest absolute Gasteiger partial charge is 0.388 e. The average Bonchev–Trinajstić information content (AvgIpc) is 2.54. The molecular formula is C17H27ClIN3O2. The van der Waals surface area contributed by atoms with Gasteiger partial charge in [0, 0.05) is 51.2 Å². The fraction of sp³-hybridized carbons (Fsp3) is 0.588. The lowest BCUT2D eigenvalue weighted by atomic mass is 9.95. The lowest BCUT2D eigenvalue weighted by Crippen LogP contribution is -2.43. The van der Waals surface area contributed by atoms with Crippen molar-refractivity contribution in [1.82, 2.24) is 10.2 Å². The highest BCUT2D eigenvalue weighted by atomic mass is 127. The quantitative estimate of drug-likeness (QED) is 0.397. The summed E-state index contributed by atoms with van der Waals surface area (Å²) >= 11 is 5.92. The molecule has 0 spiro atoms. The van der Waals surface area contributed by atoms with Crippen LogP contribution in [0.25, 0.3) is 0 Å². The first-order valence-corrected chi connectivity index (χ1v) is 8.44. The lowest BCUT2D eigenvalue weighted by Gasteiger charge is -2.31. The molecule has 1 aromatic carbocycles. The molecule has 0 amide bonds. The number of guanidine groups is 1. The number of aliphatic hydroxyl groups is 1. The second-order valence-corrected chi connectivity index (χ2v) is 6.43. The number of benzene rings is 1. The Balaban J connectivity index is 0.00000288. The van der Waals surface area contributed by atoms with Crippen LogP contribution in [0.2, 0.25) is 5.02 Å². The van der Waals surface area contributed by atoms with Gasteiger partial charge in [0.25, 0.3) is 0 Å². The van der Waals surface area contributed by atoms with Crippen LogP contribution in [-0.2, 0) is 11.3 Å². The molecule has 0 radical (unpaired) electrons. The zero-order chi connectivity index (χ0) is 16.7. The van der Waals surface area contributed by atoms with E-state index in [-0.39, 0.29) is 24.0 Å². The number of nitrogens with zero attached hydrogens (tertiary/aromatic N) is 2. The normalized spacial score (nSPS) is 17.1. The minimum atomic E-state index is -0.750. The van der Waals surface area contributed by atoms with Crippen molar-refractivity contribution in [2.24, 2.45) is 4.99 Å². The van der Waals surface area contributed by atoms with Crippen LogP contribution in [0.1, 0.15) is 25.3 Å². The first-order valence-electron chi connectivity index (χ1n) is 8.06. The van der Waals surface area contributed by atoms with E-state index in [1.165, 1.54) is 0 Å². The minimum Gasteiger partial charge on any atom is -0.388 e. The summed E-state index contributed by atoms with van der Waals surface area (Å²) in [6, 6.07) is 7.79. The molecule has 0 bridgehead atoms. The van der Waals surface area contributed by atoms with Gasteiger partial charge in [-0.3, -0.25) is 4.99 Å². The summed E-state index contributed by atoms with van der Waals surface area (Å²) < 4.78 is 5.31. The highest BCUT2D eigenvalue weighted by Crippen LogP contribution is 2.20.